The first-order valence-corrected chi connectivity index (χ1v) is 5.75. The largest absolute Gasteiger partial charge is 0.381 e. The summed E-state index contributed by atoms with van der Waals surface area (Å²) in [6.07, 6.45) is 4.57. The van der Waals surface area contributed by atoms with E-state index in [1.54, 1.807) is 0 Å². The third-order valence-electron chi connectivity index (χ3n) is 3.12. The van der Waals surface area contributed by atoms with Crippen LogP contribution in [0.15, 0.2) is 4.99 Å². The van der Waals surface area contributed by atoms with Crippen LogP contribution < -0.4 is 5.32 Å². The molecule has 2 rings (SSSR count). The zero-order valence-electron chi connectivity index (χ0n) is 9.62. The van der Waals surface area contributed by atoms with E-state index in [-0.39, 0.29) is 18.3 Å². The van der Waals surface area contributed by atoms with Gasteiger partial charge in [-0.15, -0.1) is 12.4 Å². The molecular formula is C11H19ClN2O2. The molecule has 4 nitrogen and oxygen atoms in total. The Hall–Kier alpha value is -0.610. The van der Waals surface area contributed by atoms with Crippen LogP contribution in [-0.2, 0) is 9.53 Å². The molecule has 0 aromatic heterocycles. The van der Waals surface area contributed by atoms with Crippen LogP contribution in [0.3, 0.4) is 0 Å². The minimum absolute atomic E-state index is 0. The predicted octanol–water partition coefficient (Wildman–Crippen LogP) is 1.68. The van der Waals surface area contributed by atoms with Crippen LogP contribution in [-0.4, -0.2) is 30.5 Å². The van der Waals surface area contributed by atoms with E-state index in [1.807, 2.05) is 0 Å². The lowest BCUT2D eigenvalue weighted by atomic mass is 9.91. The van der Waals surface area contributed by atoms with Crippen molar-refractivity contribution in [2.24, 2.45) is 4.99 Å². The second-order valence-corrected chi connectivity index (χ2v) is 4.26. The standard InChI is InChI=1S/C11H18N2O2.ClH/c1-2-3-4-9-12-10(14)11(13-9)5-7-15-8-6-11;/h2-8H2,1H3,(H,12,13,14);1H. The summed E-state index contributed by atoms with van der Waals surface area (Å²) in [4.78, 5) is 16.4. The number of hydrogen-bond donors (Lipinski definition) is 1. The second kappa shape index (κ2) is 5.64. The molecule has 1 N–H and O–H groups in total. The Kier molecular flexibility index (Phi) is 4.74. The van der Waals surface area contributed by atoms with Crippen molar-refractivity contribution in [1.82, 2.24) is 5.32 Å². The SMILES string of the molecule is CCCCC1=NC2(CCOCC2)C(=O)N1.Cl. The lowest BCUT2D eigenvalue weighted by Crippen LogP contribution is -2.43. The molecule has 1 amide bonds. The molecule has 0 aromatic carbocycles. The predicted molar refractivity (Wildman–Crippen MR) is 65.1 cm³/mol. The van der Waals surface area contributed by atoms with Crippen LogP contribution in [0.2, 0.25) is 0 Å². The number of amides is 1. The van der Waals surface area contributed by atoms with Crippen molar-refractivity contribution in [3.63, 3.8) is 0 Å². The van der Waals surface area contributed by atoms with Gasteiger partial charge in [-0.1, -0.05) is 13.3 Å². The van der Waals surface area contributed by atoms with Gasteiger partial charge in [0.1, 0.15) is 11.4 Å². The summed E-state index contributed by atoms with van der Waals surface area (Å²) in [7, 11) is 0. The number of ether oxygens (including phenoxy) is 1. The summed E-state index contributed by atoms with van der Waals surface area (Å²) >= 11 is 0. The van der Waals surface area contributed by atoms with Crippen LogP contribution in [0, 0.1) is 0 Å². The Morgan fingerprint density at radius 1 is 1.44 bits per heavy atom. The maximum absolute atomic E-state index is 11.8. The fourth-order valence-corrected chi connectivity index (χ4v) is 2.10. The molecule has 2 aliphatic rings. The number of aliphatic imine (C=N–C) groups is 1. The van der Waals surface area contributed by atoms with Crippen molar-refractivity contribution < 1.29 is 9.53 Å². The molecule has 2 aliphatic heterocycles. The van der Waals surface area contributed by atoms with E-state index in [4.69, 9.17) is 4.74 Å². The third kappa shape index (κ3) is 2.55. The van der Waals surface area contributed by atoms with E-state index in [2.05, 4.69) is 17.2 Å². The molecule has 1 spiro atoms. The zero-order chi connectivity index (χ0) is 10.7. The average molecular weight is 247 g/mol. The minimum Gasteiger partial charge on any atom is -0.381 e. The molecule has 0 bridgehead atoms. The molecule has 0 aliphatic carbocycles. The first kappa shape index (κ1) is 13.5. The molecule has 2 heterocycles. The van der Waals surface area contributed by atoms with Gasteiger partial charge in [0.15, 0.2) is 0 Å². The van der Waals surface area contributed by atoms with E-state index in [0.717, 1.165) is 37.9 Å². The van der Waals surface area contributed by atoms with E-state index in [1.165, 1.54) is 0 Å². The number of halogens is 1. The van der Waals surface area contributed by atoms with Crippen LogP contribution >= 0.6 is 12.4 Å². The highest BCUT2D eigenvalue weighted by atomic mass is 35.5. The maximum atomic E-state index is 11.8. The van der Waals surface area contributed by atoms with Crippen molar-refractivity contribution in [2.45, 2.75) is 44.6 Å². The lowest BCUT2D eigenvalue weighted by Gasteiger charge is -2.27. The first-order chi connectivity index (χ1) is 7.27. The van der Waals surface area contributed by atoms with Gasteiger partial charge in [-0.25, -0.2) is 0 Å². The number of carbonyl (C=O) groups is 1. The number of rotatable bonds is 3. The smallest absolute Gasteiger partial charge is 0.253 e. The quantitative estimate of drug-likeness (QED) is 0.824. The second-order valence-electron chi connectivity index (χ2n) is 4.26. The van der Waals surface area contributed by atoms with Crippen molar-refractivity contribution >= 4 is 24.1 Å². The van der Waals surface area contributed by atoms with Crippen molar-refractivity contribution in [1.29, 1.82) is 0 Å². The molecule has 92 valence electrons. The molecule has 16 heavy (non-hydrogen) atoms. The fraction of sp³-hybridized carbons (Fsp3) is 0.818. The average Bonchev–Trinajstić information content (AvgIpc) is 2.54. The number of nitrogens with one attached hydrogen (secondary N) is 1. The van der Waals surface area contributed by atoms with E-state index >= 15 is 0 Å². The lowest BCUT2D eigenvalue weighted by molar-refractivity contribution is -0.126. The third-order valence-corrected chi connectivity index (χ3v) is 3.12. The van der Waals surface area contributed by atoms with Crippen LogP contribution in [0.25, 0.3) is 0 Å². The highest BCUT2D eigenvalue weighted by Gasteiger charge is 2.44. The van der Waals surface area contributed by atoms with E-state index < -0.39 is 5.54 Å². The van der Waals surface area contributed by atoms with E-state index in [9.17, 15) is 4.79 Å². The Labute approximate surface area is 102 Å². The van der Waals surface area contributed by atoms with Gasteiger partial charge in [-0.2, -0.15) is 0 Å². The minimum atomic E-state index is -0.485. The molecule has 1 saturated heterocycles. The summed E-state index contributed by atoms with van der Waals surface area (Å²) in [6, 6.07) is 0. The first-order valence-electron chi connectivity index (χ1n) is 5.75. The maximum Gasteiger partial charge on any atom is 0.253 e. The van der Waals surface area contributed by atoms with Gasteiger partial charge in [0, 0.05) is 32.5 Å². The van der Waals surface area contributed by atoms with Crippen LogP contribution in [0.5, 0.6) is 0 Å². The summed E-state index contributed by atoms with van der Waals surface area (Å²) in [5.74, 6) is 0.959. The Morgan fingerprint density at radius 3 is 2.75 bits per heavy atom. The van der Waals surface area contributed by atoms with Gasteiger partial charge in [0.2, 0.25) is 0 Å². The van der Waals surface area contributed by atoms with Crippen LogP contribution in [0.1, 0.15) is 39.0 Å². The Balaban J connectivity index is 0.00000128. The van der Waals surface area contributed by atoms with Gasteiger partial charge >= 0.3 is 0 Å². The number of carbonyl (C=O) groups excluding carboxylic acids is 1. The molecule has 5 heteroatoms. The monoisotopic (exact) mass is 246 g/mol. The topological polar surface area (TPSA) is 50.7 Å². The highest BCUT2D eigenvalue weighted by Crippen LogP contribution is 2.29. The molecule has 1 fully saturated rings. The molecular weight excluding hydrogens is 228 g/mol. The molecule has 0 aromatic rings. The summed E-state index contributed by atoms with van der Waals surface area (Å²) in [6.45, 7) is 3.44. The van der Waals surface area contributed by atoms with Gasteiger partial charge in [-0.05, 0) is 6.42 Å². The molecule has 0 radical (unpaired) electrons. The fourth-order valence-electron chi connectivity index (χ4n) is 2.10. The van der Waals surface area contributed by atoms with Crippen molar-refractivity contribution in [3.05, 3.63) is 0 Å². The Bertz CT molecular complexity index is 286. The van der Waals surface area contributed by atoms with Gasteiger partial charge < -0.3 is 10.1 Å². The summed E-state index contributed by atoms with van der Waals surface area (Å²) in [5, 5.41) is 2.90. The number of unbranched alkanes of at least 4 members (excludes halogenated alkanes) is 1. The van der Waals surface area contributed by atoms with Gasteiger partial charge in [0.05, 0.1) is 0 Å². The van der Waals surface area contributed by atoms with E-state index in [0.29, 0.717) is 13.2 Å². The molecule has 0 unspecified atom stereocenters. The molecule has 0 atom stereocenters. The number of hydrogen-bond acceptors (Lipinski definition) is 3. The summed E-state index contributed by atoms with van der Waals surface area (Å²) < 4.78 is 5.27. The van der Waals surface area contributed by atoms with Crippen molar-refractivity contribution in [3.8, 4) is 0 Å². The zero-order valence-corrected chi connectivity index (χ0v) is 10.4. The van der Waals surface area contributed by atoms with Gasteiger partial charge in [-0.3, -0.25) is 9.79 Å². The Morgan fingerprint density at radius 2 is 2.12 bits per heavy atom. The number of nitrogens with zero attached hydrogens (tertiary/aromatic N) is 1. The number of amidine groups is 1. The normalized spacial score (nSPS) is 22.6. The van der Waals surface area contributed by atoms with Gasteiger partial charge in [0.25, 0.3) is 5.91 Å². The van der Waals surface area contributed by atoms with Crippen LogP contribution in [0.4, 0.5) is 0 Å². The highest BCUT2D eigenvalue weighted by molar-refractivity contribution is 6.08. The van der Waals surface area contributed by atoms with Crippen molar-refractivity contribution in [2.75, 3.05) is 13.2 Å². The molecule has 0 saturated carbocycles. The summed E-state index contributed by atoms with van der Waals surface area (Å²) in [5.41, 5.74) is -0.485.